The van der Waals surface area contributed by atoms with Crippen LogP contribution in [0.15, 0.2) is 22.0 Å². The molecule has 96 valence electrons. The molecule has 1 fully saturated rings. The monoisotopic (exact) mass is 265 g/mol. The Hall–Kier alpha value is -1.45. The molecule has 0 saturated heterocycles. The quantitative estimate of drug-likeness (QED) is 0.466. The molecule has 0 unspecified atom stereocenters. The van der Waals surface area contributed by atoms with Crippen molar-refractivity contribution in [1.29, 1.82) is 0 Å². The van der Waals surface area contributed by atoms with E-state index in [0.29, 0.717) is 5.75 Å². The van der Waals surface area contributed by atoms with Crippen LogP contribution in [0, 0.1) is 0 Å². The molecule has 0 bridgehead atoms. The van der Waals surface area contributed by atoms with Gasteiger partial charge in [0.25, 0.3) is 0 Å². The predicted molar refractivity (Wildman–Crippen MR) is 70.4 cm³/mol. The molecule has 5 heteroatoms. The van der Waals surface area contributed by atoms with Gasteiger partial charge in [0.2, 0.25) is 6.08 Å². The number of benzene rings is 1. The largest absolute Gasteiger partial charge is 0.493 e. The average molecular weight is 265 g/mol. The lowest BCUT2D eigenvalue weighted by Gasteiger charge is -2.16. The fourth-order valence-corrected chi connectivity index (χ4v) is 2.63. The number of carbonyl (C=O) groups excluding carboxylic acids is 1. The fourth-order valence-electron chi connectivity index (χ4n) is 2.02. The maximum absolute atomic E-state index is 10.5. The molecule has 0 N–H and O–H groups in total. The Morgan fingerprint density at radius 2 is 2.06 bits per heavy atom. The van der Waals surface area contributed by atoms with Crippen LogP contribution in [0.5, 0.6) is 11.5 Å². The first-order valence-corrected chi connectivity index (χ1v) is 6.83. The minimum Gasteiger partial charge on any atom is -0.493 e. The maximum atomic E-state index is 10.5. The zero-order valence-corrected chi connectivity index (χ0v) is 11.5. The van der Waals surface area contributed by atoms with E-state index in [0.717, 1.165) is 29.1 Å². The highest BCUT2D eigenvalue weighted by atomic mass is 32.2. The third kappa shape index (κ3) is 2.11. The SMILES string of the molecule is COc1cc(C2(N=C=O)CC2)cc(SC)c1OC. The minimum absolute atomic E-state index is 0.383. The van der Waals surface area contributed by atoms with Crippen molar-refractivity contribution in [1.82, 2.24) is 0 Å². The highest BCUT2D eigenvalue weighted by Crippen LogP contribution is 2.52. The fraction of sp³-hybridized carbons (Fsp3) is 0.462. The van der Waals surface area contributed by atoms with Gasteiger partial charge in [-0.05, 0) is 36.8 Å². The summed E-state index contributed by atoms with van der Waals surface area (Å²) in [6.07, 6.45) is 5.41. The second-order valence-corrected chi connectivity index (χ2v) is 5.00. The third-order valence-electron chi connectivity index (χ3n) is 3.19. The third-order valence-corrected chi connectivity index (χ3v) is 3.93. The van der Waals surface area contributed by atoms with Crippen molar-refractivity contribution in [3.8, 4) is 11.5 Å². The molecule has 4 nitrogen and oxygen atoms in total. The standard InChI is InChI=1S/C13H15NO3S/c1-16-10-6-9(13(4-5-13)14-8-15)7-11(18-3)12(10)17-2/h6-7H,4-5H2,1-3H3. The normalized spacial score (nSPS) is 15.7. The maximum Gasteiger partial charge on any atom is 0.235 e. The minimum atomic E-state index is -0.383. The predicted octanol–water partition coefficient (Wildman–Crippen LogP) is 2.75. The van der Waals surface area contributed by atoms with Gasteiger partial charge >= 0.3 is 0 Å². The van der Waals surface area contributed by atoms with E-state index in [1.807, 2.05) is 18.4 Å². The van der Waals surface area contributed by atoms with Crippen molar-refractivity contribution in [2.45, 2.75) is 23.3 Å². The number of isocyanates is 1. The molecule has 0 aliphatic heterocycles. The summed E-state index contributed by atoms with van der Waals surface area (Å²) < 4.78 is 10.7. The van der Waals surface area contributed by atoms with Gasteiger partial charge in [0.15, 0.2) is 11.5 Å². The Labute approximate surface area is 110 Å². The van der Waals surface area contributed by atoms with Crippen LogP contribution in [-0.2, 0) is 10.3 Å². The molecule has 1 aromatic rings. The van der Waals surface area contributed by atoms with Gasteiger partial charge in [-0.2, -0.15) is 4.99 Å². The van der Waals surface area contributed by atoms with Gasteiger partial charge in [-0.25, -0.2) is 4.79 Å². The van der Waals surface area contributed by atoms with E-state index in [4.69, 9.17) is 9.47 Å². The molecule has 1 aliphatic carbocycles. The number of rotatable bonds is 5. The van der Waals surface area contributed by atoms with Crippen molar-refractivity contribution in [3.63, 3.8) is 0 Å². The molecule has 2 rings (SSSR count). The summed E-state index contributed by atoms with van der Waals surface area (Å²) in [5, 5.41) is 0. The van der Waals surface area contributed by atoms with E-state index in [9.17, 15) is 4.79 Å². The molecule has 1 saturated carbocycles. The van der Waals surface area contributed by atoms with E-state index < -0.39 is 0 Å². The Kier molecular flexibility index (Phi) is 3.64. The van der Waals surface area contributed by atoms with Gasteiger partial charge in [0.05, 0.1) is 24.7 Å². The lowest BCUT2D eigenvalue weighted by molar-refractivity contribution is 0.347. The van der Waals surface area contributed by atoms with Gasteiger partial charge < -0.3 is 9.47 Å². The highest BCUT2D eigenvalue weighted by Gasteiger charge is 2.45. The van der Waals surface area contributed by atoms with E-state index in [1.165, 1.54) is 0 Å². The first-order valence-electron chi connectivity index (χ1n) is 5.60. The molecule has 1 aromatic carbocycles. The van der Waals surface area contributed by atoms with Crippen LogP contribution >= 0.6 is 11.8 Å². The van der Waals surface area contributed by atoms with Crippen LogP contribution in [0.3, 0.4) is 0 Å². The van der Waals surface area contributed by atoms with Crippen molar-refractivity contribution in [2.24, 2.45) is 4.99 Å². The van der Waals surface area contributed by atoms with E-state index >= 15 is 0 Å². The van der Waals surface area contributed by atoms with Gasteiger partial charge in [-0.1, -0.05) is 0 Å². The molecule has 0 amide bonds. The highest BCUT2D eigenvalue weighted by molar-refractivity contribution is 7.98. The zero-order chi connectivity index (χ0) is 13.2. The molecule has 0 radical (unpaired) electrons. The zero-order valence-electron chi connectivity index (χ0n) is 10.6. The van der Waals surface area contributed by atoms with Gasteiger partial charge in [0.1, 0.15) is 0 Å². The molecule has 1 aliphatic rings. The van der Waals surface area contributed by atoms with Crippen molar-refractivity contribution >= 4 is 17.8 Å². The number of methoxy groups -OCH3 is 2. The second kappa shape index (κ2) is 5.04. The molecular formula is C13H15NO3S. The van der Waals surface area contributed by atoms with Crippen molar-refractivity contribution in [3.05, 3.63) is 17.7 Å². The molecular weight excluding hydrogens is 250 g/mol. The molecule has 18 heavy (non-hydrogen) atoms. The average Bonchev–Trinajstić information content (AvgIpc) is 3.18. The second-order valence-electron chi connectivity index (χ2n) is 4.15. The molecule has 0 spiro atoms. The van der Waals surface area contributed by atoms with Crippen molar-refractivity contribution in [2.75, 3.05) is 20.5 Å². The number of nitrogens with zero attached hydrogens (tertiary/aromatic N) is 1. The van der Waals surface area contributed by atoms with Crippen LogP contribution in [0.2, 0.25) is 0 Å². The Bertz CT molecular complexity index is 480. The lowest BCUT2D eigenvalue weighted by Crippen LogP contribution is -2.04. The molecule has 0 heterocycles. The Morgan fingerprint density at radius 1 is 1.33 bits per heavy atom. The van der Waals surface area contributed by atoms with E-state index in [-0.39, 0.29) is 5.54 Å². The van der Waals surface area contributed by atoms with Gasteiger partial charge in [0, 0.05) is 0 Å². The number of hydrogen-bond acceptors (Lipinski definition) is 5. The number of hydrogen-bond donors (Lipinski definition) is 0. The van der Waals surface area contributed by atoms with Gasteiger partial charge in [-0.15, -0.1) is 11.8 Å². The summed E-state index contributed by atoms with van der Waals surface area (Å²) in [4.78, 5) is 15.4. The number of ether oxygens (including phenoxy) is 2. The van der Waals surface area contributed by atoms with E-state index in [2.05, 4.69) is 4.99 Å². The topological polar surface area (TPSA) is 47.9 Å². The summed E-state index contributed by atoms with van der Waals surface area (Å²) >= 11 is 1.58. The van der Waals surface area contributed by atoms with Crippen molar-refractivity contribution < 1.29 is 14.3 Å². The Balaban J connectivity index is 2.54. The summed E-state index contributed by atoms with van der Waals surface area (Å²) in [6.45, 7) is 0. The first kappa shape index (κ1) is 13.0. The number of aliphatic imine (C=N–C) groups is 1. The van der Waals surface area contributed by atoms with Crippen LogP contribution < -0.4 is 9.47 Å². The van der Waals surface area contributed by atoms with Crippen LogP contribution in [-0.4, -0.2) is 26.6 Å². The van der Waals surface area contributed by atoms with E-state index in [1.54, 1.807) is 32.1 Å². The Morgan fingerprint density at radius 3 is 2.50 bits per heavy atom. The molecule has 0 atom stereocenters. The van der Waals surface area contributed by atoms with Gasteiger partial charge in [-0.3, -0.25) is 0 Å². The smallest absolute Gasteiger partial charge is 0.235 e. The lowest BCUT2D eigenvalue weighted by atomic mass is 10.0. The van der Waals surface area contributed by atoms with Crippen LogP contribution in [0.1, 0.15) is 18.4 Å². The summed E-state index contributed by atoms with van der Waals surface area (Å²) in [6, 6.07) is 3.91. The first-order chi connectivity index (χ1) is 8.70. The summed E-state index contributed by atoms with van der Waals surface area (Å²) in [7, 11) is 3.22. The number of thioether (sulfide) groups is 1. The summed E-state index contributed by atoms with van der Waals surface area (Å²) in [5.41, 5.74) is 0.610. The summed E-state index contributed by atoms with van der Waals surface area (Å²) in [5.74, 6) is 1.39. The van der Waals surface area contributed by atoms with Crippen LogP contribution in [0.25, 0.3) is 0 Å². The molecule has 0 aromatic heterocycles. The van der Waals surface area contributed by atoms with Crippen LogP contribution in [0.4, 0.5) is 0 Å².